The lowest BCUT2D eigenvalue weighted by Crippen LogP contribution is -2.43. The summed E-state index contributed by atoms with van der Waals surface area (Å²) in [6, 6.07) is 9.61. The molecule has 118 valence electrons. The van der Waals surface area contributed by atoms with Crippen LogP contribution in [0.1, 0.15) is 32.3 Å². The summed E-state index contributed by atoms with van der Waals surface area (Å²) in [5, 5.41) is 2.87. The number of nitrogens with one attached hydrogen (secondary N) is 1. The fraction of sp³-hybridized carbons (Fsp3) is 0.562. The number of methoxy groups -OCH3 is 1. The highest BCUT2D eigenvalue weighted by molar-refractivity contribution is 5.68. The molecule has 0 bridgehead atoms. The molecule has 1 amide bonds. The fourth-order valence-corrected chi connectivity index (χ4v) is 1.86. The van der Waals surface area contributed by atoms with Crippen molar-refractivity contribution in [1.29, 1.82) is 0 Å². The lowest BCUT2D eigenvalue weighted by Gasteiger charge is -2.25. The van der Waals surface area contributed by atoms with E-state index >= 15 is 0 Å². The Bertz CT molecular complexity index is 406. The minimum absolute atomic E-state index is 0.277. The number of rotatable bonds is 9. The zero-order valence-corrected chi connectivity index (χ0v) is 13.1. The first-order valence-corrected chi connectivity index (χ1v) is 7.09. The van der Waals surface area contributed by atoms with Crippen LogP contribution in [-0.2, 0) is 20.8 Å². The molecule has 5 heteroatoms. The molecule has 0 spiro atoms. The predicted octanol–water partition coefficient (Wildman–Crippen LogP) is 3.09. The molecule has 0 fully saturated rings. The van der Waals surface area contributed by atoms with Gasteiger partial charge >= 0.3 is 6.09 Å². The number of ether oxygens (including phenoxy) is 3. The number of carbonyl (C=O) groups excluding carboxylic acids is 1. The molecule has 5 nitrogen and oxygen atoms in total. The average Bonchev–Trinajstić information content (AvgIpc) is 2.45. The van der Waals surface area contributed by atoms with Crippen molar-refractivity contribution in [3.05, 3.63) is 35.9 Å². The van der Waals surface area contributed by atoms with Crippen LogP contribution < -0.4 is 5.32 Å². The maximum Gasteiger partial charge on any atom is 0.407 e. The SMILES string of the molecule is COCOCCCC(C)(C)NC(=O)OCc1ccccc1. The van der Waals surface area contributed by atoms with E-state index in [4.69, 9.17) is 14.2 Å². The Kier molecular flexibility index (Phi) is 7.79. The largest absolute Gasteiger partial charge is 0.445 e. The van der Waals surface area contributed by atoms with Gasteiger partial charge in [0.2, 0.25) is 0 Å². The summed E-state index contributed by atoms with van der Waals surface area (Å²) in [5.41, 5.74) is 0.642. The molecule has 0 aliphatic heterocycles. The highest BCUT2D eigenvalue weighted by Crippen LogP contribution is 2.12. The van der Waals surface area contributed by atoms with E-state index in [1.54, 1.807) is 7.11 Å². The summed E-state index contributed by atoms with van der Waals surface area (Å²) in [6.07, 6.45) is 1.24. The zero-order chi connectivity index (χ0) is 15.6. The van der Waals surface area contributed by atoms with Gasteiger partial charge in [-0.1, -0.05) is 30.3 Å². The highest BCUT2D eigenvalue weighted by atomic mass is 16.7. The number of hydrogen-bond acceptors (Lipinski definition) is 4. The Balaban J connectivity index is 2.22. The van der Waals surface area contributed by atoms with Crippen molar-refractivity contribution in [3.8, 4) is 0 Å². The maximum absolute atomic E-state index is 11.8. The van der Waals surface area contributed by atoms with Crippen molar-refractivity contribution in [2.75, 3.05) is 20.5 Å². The van der Waals surface area contributed by atoms with Gasteiger partial charge in [-0.2, -0.15) is 0 Å². The molecule has 0 aromatic heterocycles. The second kappa shape index (κ2) is 9.37. The minimum Gasteiger partial charge on any atom is -0.445 e. The molecule has 1 N–H and O–H groups in total. The van der Waals surface area contributed by atoms with Gasteiger partial charge in [0.25, 0.3) is 0 Å². The third-order valence-corrected chi connectivity index (χ3v) is 2.94. The quantitative estimate of drug-likeness (QED) is 0.562. The normalized spacial score (nSPS) is 11.2. The Morgan fingerprint density at radius 2 is 1.95 bits per heavy atom. The van der Waals surface area contributed by atoms with E-state index in [-0.39, 0.29) is 12.1 Å². The fourth-order valence-electron chi connectivity index (χ4n) is 1.86. The van der Waals surface area contributed by atoms with E-state index < -0.39 is 6.09 Å². The van der Waals surface area contributed by atoms with Gasteiger partial charge in [0, 0.05) is 19.3 Å². The van der Waals surface area contributed by atoms with Crippen LogP contribution in [0.3, 0.4) is 0 Å². The first-order valence-electron chi connectivity index (χ1n) is 7.09. The van der Waals surface area contributed by atoms with Gasteiger partial charge < -0.3 is 19.5 Å². The van der Waals surface area contributed by atoms with Crippen molar-refractivity contribution in [2.24, 2.45) is 0 Å². The van der Waals surface area contributed by atoms with E-state index in [2.05, 4.69) is 5.32 Å². The van der Waals surface area contributed by atoms with Crippen LogP contribution in [0.4, 0.5) is 4.79 Å². The lowest BCUT2D eigenvalue weighted by atomic mass is 9.99. The molecule has 1 aromatic rings. The van der Waals surface area contributed by atoms with Crippen molar-refractivity contribution >= 4 is 6.09 Å². The molecule has 21 heavy (non-hydrogen) atoms. The van der Waals surface area contributed by atoms with Gasteiger partial charge in [-0.3, -0.25) is 0 Å². The van der Waals surface area contributed by atoms with Crippen LogP contribution >= 0.6 is 0 Å². The summed E-state index contributed by atoms with van der Waals surface area (Å²) >= 11 is 0. The first-order chi connectivity index (χ1) is 10.0. The minimum atomic E-state index is -0.401. The van der Waals surface area contributed by atoms with Crippen LogP contribution in [0.2, 0.25) is 0 Å². The van der Waals surface area contributed by atoms with Crippen LogP contribution in [0.15, 0.2) is 30.3 Å². The van der Waals surface area contributed by atoms with Crippen molar-refractivity contribution < 1.29 is 19.0 Å². The van der Waals surface area contributed by atoms with Crippen LogP contribution in [0.5, 0.6) is 0 Å². The van der Waals surface area contributed by atoms with Crippen LogP contribution in [-0.4, -0.2) is 32.1 Å². The molecule has 1 aromatic carbocycles. The lowest BCUT2D eigenvalue weighted by molar-refractivity contribution is -0.0326. The van der Waals surface area contributed by atoms with Gasteiger partial charge in [0.15, 0.2) is 0 Å². The topological polar surface area (TPSA) is 56.8 Å². The number of carbonyl (C=O) groups is 1. The van der Waals surface area contributed by atoms with E-state index in [0.29, 0.717) is 13.4 Å². The second-order valence-corrected chi connectivity index (χ2v) is 5.49. The van der Waals surface area contributed by atoms with E-state index in [1.807, 2.05) is 44.2 Å². The van der Waals surface area contributed by atoms with Crippen molar-refractivity contribution in [3.63, 3.8) is 0 Å². The predicted molar refractivity (Wildman–Crippen MR) is 80.9 cm³/mol. The molecule has 0 atom stereocenters. The molecule has 0 heterocycles. The number of alkyl carbamates (subject to hydrolysis) is 1. The maximum atomic E-state index is 11.8. The molecular weight excluding hydrogens is 270 g/mol. The molecule has 0 saturated heterocycles. The third kappa shape index (κ3) is 8.32. The van der Waals surface area contributed by atoms with Crippen molar-refractivity contribution in [2.45, 2.75) is 38.8 Å². The van der Waals surface area contributed by atoms with Gasteiger partial charge in [0.05, 0.1) is 0 Å². The highest BCUT2D eigenvalue weighted by Gasteiger charge is 2.20. The molecule has 0 unspecified atom stereocenters. The van der Waals surface area contributed by atoms with E-state index in [9.17, 15) is 4.79 Å². The Labute approximate surface area is 126 Å². The third-order valence-electron chi connectivity index (χ3n) is 2.94. The van der Waals surface area contributed by atoms with Gasteiger partial charge in [-0.15, -0.1) is 0 Å². The summed E-state index contributed by atoms with van der Waals surface area (Å²) < 4.78 is 15.2. The van der Waals surface area contributed by atoms with Crippen molar-refractivity contribution in [1.82, 2.24) is 5.32 Å². The summed E-state index contributed by atoms with van der Waals surface area (Å²) in [6.45, 7) is 5.12. The molecule has 0 aliphatic carbocycles. The molecule has 0 radical (unpaired) electrons. The molecule has 0 aliphatic rings. The Hall–Kier alpha value is -1.59. The van der Waals surface area contributed by atoms with E-state index in [1.165, 1.54) is 0 Å². The van der Waals surface area contributed by atoms with E-state index in [0.717, 1.165) is 18.4 Å². The van der Waals surface area contributed by atoms with Crippen LogP contribution in [0, 0.1) is 0 Å². The summed E-state index contributed by atoms with van der Waals surface area (Å²) in [4.78, 5) is 11.8. The number of amides is 1. The van der Waals surface area contributed by atoms with Gasteiger partial charge in [-0.05, 0) is 32.3 Å². The standard InChI is InChI=1S/C16H25NO4/c1-16(2,10-7-11-20-13-19-3)17-15(18)21-12-14-8-5-4-6-9-14/h4-6,8-9H,7,10-13H2,1-3H3,(H,17,18). The Morgan fingerprint density at radius 3 is 2.62 bits per heavy atom. The smallest absolute Gasteiger partial charge is 0.407 e. The average molecular weight is 295 g/mol. The number of hydrogen-bond donors (Lipinski definition) is 1. The Morgan fingerprint density at radius 1 is 1.24 bits per heavy atom. The summed E-state index contributed by atoms with van der Waals surface area (Å²) in [5.74, 6) is 0. The molecule has 0 saturated carbocycles. The zero-order valence-electron chi connectivity index (χ0n) is 13.1. The molecular formula is C16H25NO4. The molecule has 1 rings (SSSR count). The van der Waals surface area contributed by atoms with Gasteiger partial charge in [0.1, 0.15) is 13.4 Å². The first kappa shape index (κ1) is 17.5. The van der Waals surface area contributed by atoms with Crippen LogP contribution in [0.25, 0.3) is 0 Å². The summed E-state index contributed by atoms with van der Waals surface area (Å²) in [7, 11) is 1.59. The monoisotopic (exact) mass is 295 g/mol. The van der Waals surface area contributed by atoms with Gasteiger partial charge in [-0.25, -0.2) is 4.79 Å². The number of benzene rings is 1. The second-order valence-electron chi connectivity index (χ2n) is 5.49.